The summed E-state index contributed by atoms with van der Waals surface area (Å²) in [4.78, 5) is 24.5. The van der Waals surface area contributed by atoms with Crippen LogP contribution in [0.3, 0.4) is 0 Å². The second-order valence-electron chi connectivity index (χ2n) is 6.07. The number of urea groups is 1. The Kier molecular flexibility index (Phi) is 4.66. The van der Waals surface area contributed by atoms with Crippen molar-refractivity contribution in [2.45, 2.75) is 25.5 Å². The number of morpholine rings is 1. The van der Waals surface area contributed by atoms with E-state index in [1.807, 2.05) is 0 Å². The zero-order valence-electron chi connectivity index (χ0n) is 12.9. The molecule has 0 spiro atoms. The Balaban J connectivity index is 1.60. The number of carbonyl (C=O) groups excluding carboxylic acids is 1. The van der Waals surface area contributed by atoms with Crippen molar-refractivity contribution in [2.24, 2.45) is 5.92 Å². The van der Waals surface area contributed by atoms with Crippen LogP contribution in [0.1, 0.15) is 28.8 Å². The number of nitrogens with one attached hydrogen (secondary N) is 1. The van der Waals surface area contributed by atoms with E-state index in [0.29, 0.717) is 25.6 Å². The van der Waals surface area contributed by atoms with Crippen LogP contribution in [-0.4, -0.2) is 47.8 Å². The Morgan fingerprint density at radius 1 is 1.29 bits per heavy atom. The number of aromatic carboxylic acids is 1. The van der Waals surface area contributed by atoms with E-state index in [2.05, 4.69) is 5.32 Å². The second kappa shape index (κ2) is 6.72. The highest BCUT2D eigenvalue weighted by atomic mass is 19.1. The molecule has 2 fully saturated rings. The summed E-state index contributed by atoms with van der Waals surface area (Å²) < 4.78 is 33.3. The van der Waals surface area contributed by atoms with Crippen LogP contribution in [0.4, 0.5) is 13.6 Å². The fraction of sp³-hybridized carbons (Fsp3) is 0.500. The molecule has 1 aliphatic heterocycles. The third-order valence-electron chi connectivity index (χ3n) is 4.33. The highest BCUT2D eigenvalue weighted by Gasteiger charge is 2.36. The predicted octanol–water partition coefficient (Wildman–Crippen LogP) is 1.98. The third kappa shape index (κ3) is 3.64. The highest BCUT2D eigenvalue weighted by Crippen LogP contribution is 2.35. The van der Waals surface area contributed by atoms with Gasteiger partial charge >= 0.3 is 12.0 Å². The summed E-state index contributed by atoms with van der Waals surface area (Å²) in [6, 6.07) is 1.07. The van der Waals surface area contributed by atoms with Crippen LogP contribution in [-0.2, 0) is 11.3 Å². The normalized spacial score (nSPS) is 20.8. The first-order valence-corrected chi connectivity index (χ1v) is 7.81. The number of benzene rings is 1. The molecule has 1 unspecified atom stereocenters. The zero-order chi connectivity index (χ0) is 17.3. The average Bonchev–Trinajstić information content (AvgIpc) is 3.38. The summed E-state index contributed by atoms with van der Waals surface area (Å²) in [5.41, 5.74) is -0.833. The molecular formula is C16H18F2N2O4. The minimum Gasteiger partial charge on any atom is -0.478 e. The SMILES string of the molecule is O=C(O)c1cc(F)c(CNC(=O)N2CCOC(C3CC3)C2)c(F)c1. The fourth-order valence-electron chi connectivity index (χ4n) is 2.78. The number of ether oxygens (including phenoxy) is 1. The van der Waals surface area contributed by atoms with Gasteiger partial charge in [0.15, 0.2) is 0 Å². The number of nitrogens with zero attached hydrogens (tertiary/aromatic N) is 1. The molecule has 24 heavy (non-hydrogen) atoms. The van der Waals surface area contributed by atoms with Crippen molar-refractivity contribution >= 4 is 12.0 Å². The zero-order valence-corrected chi connectivity index (χ0v) is 12.9. The van der Waals surface area contributed by atoms with Gasteiger partial charge in [0, 0.05) is 18.7 Å². The van der Waals surface area contributed by atoms with E-state index in [1.54, 1.807) is 4.90 Å². The monoisotopic (exact) mass is 340 g/mol. The molecule has 130 valence electrons. The first-order valence-electron chi connectivity index (χ1n) is 7.81. The third-order valence-corrected chi connectivity index (χ3v) is 4.33. The maximum Gasteiger partial charge on any atom is 0.335 e. The Labute approximate surface area is 137 Å². The summed E-state index contributed by atoms with van der Waals surface area (Å²) in [5, 5.41) is 11.2. The van der Waals surface area contributed by atoms with Gasteiger partial charge in [-0.05, 0) is 30.9 Å². The summed E-state index contributed by atoms with van der Waals surface area (Å²) >= 11 is 0. The molecule has 1 heterocycles. The summed E-state index contributed by atoms with van der Waals surface area (Å²) in [6.45, 7) is 1.00. The topological polar surface area (TPSA) is 78.9 Å². The molecule has 2 N–H and O–H groups in total. The Bertz CT molecular complexity index is 640. The molecule has 1 saturated carbocycles. The number of carbonyl (C=O) groups is 2. The maximum absolute atomic E-state index is 13.9. The van der Waals surface area contributed by atoms with Crippen molar-refractivity contribution in [3.8, 4) is 0 Å². The van der Waals surface area contributed by atoms with Crippen LogP contribution in [0.15, 0.2) is 12.1 Å². The highest BCUT2D eigenvalue weighted by molar-refractivity contribution is 5.87. The van der Waals surface area contributed by atoms with E-state index < -0.39 is 29.2 Å². The molecule has 6 nitrogen and oxygen atoms in total. The van der Waals surface area contributed by atoms with E-state index in [4.69, 9.17) is 9.84 Å². The number of hydrogen-bond acceptors (Lipinski definition) is 3. The Morgan fingerprint density at radius 3 is 2.54 bits per heavy atom. The van der Waals surface area contributed by atoms with Gasteiger partial charge < -0.3 is 20.1 Å². The van der Waals surface area contributed by atoms with Gasteiger partial charge in [0.05, 0.1) is 24.8 Å². The number of carboxylic acids is 1. The molecule has 3 rings (SSSR count). The van der Waals surface area contributed by atoms with Crippen molar-refractivity contribution < 1.29 is 28.2 Å². The van der Waals surface area contributed by atoms with Crippen LogP contribution >= 0.6 is 0 Å². The lowest BCUT2D eigenvalue weighted by Gasteiger charge is -2.33. The van der Waals surface area contributed by atoms with E-state index >= 15 is 0 Å². The molecule has 0 aromatic heterocycles. The van der Waals surface area contributed by atoms with Crippen molar-refractivity contribution in [3.63, 3.8) is 0 Å². The van der Waals surface area contributed by atoms with Crippen LogP contribution in [0, 0.1) is 17.6 Å². The van der Waals surface area contributed by atoms with Crippen molar-refractivity contribution in [1.82, 2.24) is 10.2 Å². The molecule has 1 atom stereocenters. The minimum atomic E-state index is -1.41. The maximum atomic E-state index is 13.9. The lowest BCUT2D eigenvalue weighted by molar-refractivity contribution is -0.0252. The van der Waals surface area contributed by atoms with Crippen LogP contribution in [0.2, 0.25) is 0 Å². The molecule has 1 aromatic carbocycles. The quantitative estimate of drug-likeness (QED) is 0.878. The standard InChI is InChI=1S/C16H18F2N2O4/c17-12-5-10(15(21)22)6-13(18)11(12)7-19-16(23)20-3-4-24-14(8-20)9-1-2-9/h5-6,9,14H,1-4,7-8H2,(H,19,23)(H,21,22). The van der Waals surface area contributed by atoms with Gasteiger partial charge in [-0.2, -0.15) is 0 Å². The largest absolute Gasteiger partial charge is 0.478 e. The van der Waals surface area contributed by atoms with Crippen LogP contribution < -0.4 is 5.32 Å². The molecule has 0 radical (unpaired) electrons. The molecule has 2 aliphatic rings. The van der Waals surface area contributed by atoms with E-state index in [-0.39, 0.29) is 18.2 Å². The molecule has 1 saturated heterocycles. The molecule has 1 aliphatic carbocycles. The number of amides is 2. The van der Waals surface area contributed by atoms with E-state index in [0.717, 1.165) is 25.0 Å². The summed E-state index contributed by atoms with van der Waals surface area (Å²) in [5.74, 6) is -2.90. The Hall–Kier alpha value is -2.22. The average molecular weight is 340 g/mol. The van der Waals surface area contributed by atoms with Gasteiger partial charge in [-0.1, -0.05) is 0 Å². The van der Waals surface area contributed by atoms with Gasteiger partial charge in [0.1, 0.15) is 11.6 Å². The van der Waals surface area contributed by atoms with E-state index in [1.165, 1.54) is 0 Å². The lowest BCUT2D eigenvalue weighted by atomic mass is 10.1. The number of rotatable bonds is 4. The molecule has 0 bridgehead atoms. The van der Waals surface area contributed by atoms with Gasteiger partial charge in [0.25, 0.3) is 0 Å². The van der Waals surface area contributed by atoms with Crippen molar-refractivity contribution in [3.05, 3.63) is 34.9 Å². The van der Waals surface area contributed by atoms with Gasteiger partial charge in [-0.3, -0.25) is 0 Å². The molecule has 1 aromatic rings. The predicted molar refractivity (Wildman–Crippen MR) is 79.6 cm³/mol. The second-order valence-corrected chi connectivity index (χ2v) is 6.07. The van der Waals surface area contributed by atoms with Crippen molar-refractivity contribution in [1.29, 1.82) is 0 Å². The summed E-state index contributed by atoms with van der Waals surface area (Å²) in [7, 11) is 0. The first kappa shape index (κ1) is 16.6. The molecule has 8 heteroatoms. The Morgan fingerprint density at radius 2 is 1.96 bits per heavy atom. The number of hydrogen-bond donors (Lipinski definition) is 2. The smallest absolute Gasteiger partial charge is 0.335 e. The van der Waals surface area contributed by atoms with E-state index in [9.17, 15) is 18.4 Å². The molecular weight excluding hydrogens is 322 g/mol. The lowest BCUT2D eigenvalue weighted by Crippen LogP contribution is -2.50. The number of halogens is 2. The minimum absolute atomic E-state index is 0.0350. The first-order chi connectivity index (χ1) is 11.5. The van der Waals surface area contributed by atoms with Gasteiger partial charge in [-0.25, -0.2) is 18.4 Å². The van der Waals surface area contributed by atoms with Crippen molar-refractivity contribution in [2.75, 3.05) is 19.7 Å². The fourth-order valence-corrected chi connectivity index (χ4v) is 2.78. The van der Waals surface area contributed by atoms with Gasteiger partial charge in [0.2, 0.25) is 0 Å². The number of carboxylic acid groups (broad SMARTS) is 1. The molecule has 2 amide bonds. The van der Waals surface area contributed by atoms with Gasteiger partial charge in [-0.15, -0.1) is 0 Å². The van der Waals surface area contributed by atoms with Crippen LogP contribution in [0.5, 0.6) is 0 Å². The summed E-state index contributed by atoms with van der Waals surface area (Å²) in [6.07, 6.45) is 2.24. The van der Waals surface area contributed by atoms with Crippen LogP contribution in [0.25, 0.3) is 0 Å².